The number of aromatic nitrogens is 1. The molecule has 2 rings (SSSR count). The Morgan fingerprint density at radius 3 is 2.93 bits per heavy atom. The molecule has 1 aromatic rings. The summed E-state index contributed by atoms with van der Waals surface area (Å²) in [6, 6.07) is 0.415. The Kier molecular flexibility index (Phi) is 4.15. The van der Waals surface area contributed by atoms with Crippen molar-refractivity contribution in [1.29, 1.82) is 0 Å². The van der Waals surface area contributed by atoms with Crippen LogP contribution in [0.3, 0.4) is 0 Å². The second-order valence-electron chi connectivity index (χ2n) is 4.55. The van der Waals surface area contributed by atoms with Gasteiger partial charge in [-0.05, 0) is 32.2 Å². The van der Waals surface area contributed by atoms with Crippen LogP contribution in [0.4, 0.5) is 0 Å². The van der Waals surface area contributed by atoms with Gasteiger partial charge in [0.15, 0.2) is 0 Å². The quantitative estimate of drug-likeness (QED) is 0.848. The third-order valence-electron chi connectivity index (χ3n) is 3.33. The van der Waals surface area contributed by atoms with E-state index in [0.717, 1.165) is 5.92 Å². The summed E-state index contributed by atoms with van der Waals surface area (Å²) in [5.74, 6) is 0.903. The number of rotatable bonds is 4. The average molecular weight is 224 g/mol. The highest BCUT2D eigenvalue weighted by molar-refractivity contribution is 7.07. The standard InChI is InChI=1S/C12H20N2S/c1-10(12-8-15-9-14-12)13-7-11-5-3-2-4-6-11/h8-11,13H,2-7H2,1H3. The molecule has 1 unspecified atom stereocenters. The van der Waals surface area contributed by atoms with E-state index in [2.05, 4.69) is 22.6 Å². The van der Waals surface area contributed by atoms with Crippen LogP contribution in [0.5, 0.6) is 0 Å². The fourth-order valence-electron chi connectivity index (χ4n) is 2.27. The summed E-state index contributed by atoms with van der Waals surface area (Å²) in [5.41, 5.74) is 3.10. The lowest BCUT2D eigenvalue weighted by Gasteiger charge is -2.23. The van der Waals surface area contributed by atoms with Crippen molar-refractivity contribution in [3.8, 4) is 0 Å². The maximum absolute atomic E-state index is 4.34. The average Bonchev–Trinajstić information content (AvgIpc) is 2.81. The molecule has 15 heavy (non-hydrogen) atoms. The van der Waals surface area contributed by atoms with Gasteiger partial charge in [-0.2, -0.15) is 0 Å². The molecule has 84 valence electrons. The maximum atomic E-state index is 4.34. The van der Waals surface area contributed by atoms with Crippen molar-refractivity contribution in [3.05, 3.63) is 16.6 Å². The fourth-order valence-corrected chi connectivity index (χ4v) is 2.92. The lowest BCUT2D eigenvalue weighted by atomic mass is 9.89. The minimum Gasteiger partial charge on any atom is -0.309 e. The Morgan fingerprint density at radius 1 is 1.47 bits per heavy atom. The van der Waals surface area contributed by atoms with Crippen LogP contribution in [0.1, 0.15) is 50.8 Å². The van der Waals surface area contributed by atoms with Crippen molar-refractivity contribution in [3.63, 3.8) is 0 Å². The predicted octanol–water partition coefficient (Wildman–Crippen LogP) is 3.37. The molecule has 1 aliphatic rings. The van der Waals surface area contributed by atoms with E-state index in [0.29, 0.717) is 6.04 Å². The molecule has 1 atom stereocenters. The highest BCUT2D eigenvalue weighted by Gasteiger charge is 2.14. The molecule has 1 aromatic heterocycles. The molecule has 1 aliphatic carbocycles. The molecule has 0 radical (unpaired) electrons. The molecule has 0 aromatic carbocycles. The molecule has 0 spiro atoms. The van der Waals surface area contributed by atoms with E-state index in [-0.39, 0.29) is 0 Å². The van der Waals surface area contributed by atoms with Gasteiger partial charge < -0.3 is 5.32 Å². The van der Waals surface area contributed by atoms with Crippen molar-refractivity contribution in [2.45, 2.75) is 45.1 Å². The molecule has 0 saturated heterocycles. The van der Waals surface area contributed by atoms with E-state index < -0.39 is 0 Å². The van der Waals surface area contributed by atoms with E-state index >= 15 is 0 Å². The molecule has 0 amide bonds. The first-order chi connectivity index (χ1) is 7.36. The van der Waals surface area contributed by atoms with Crippen LogP contribution in [0.15, 0.2) is 10.9 Å². The monoisotopic (exact) mass is 224 g/mol. The number of thiazole rings is 1. The van der Waals surface area contributed by atoms with Gasteiger partial charge in [0.2, 0.25) is 0 Å². The smallest absolute Gasteiger partial charge is 0.0795 e. The summed E-state index contributed by atoms with van der Waals surface area (Å²) in [6.07, 6.45) is 7.13. The number of nitrogens with zero attached hydrogens (tertiary/aromatic N) is 1. The zero-order valence-electron chi connectivity index (χ0n) is 9.41. The van der Waals surface area contributed by atoms with E-state index in [4.69, 9.17) is 0 Å². The minimum absolute atomic E-state index is 0.415. The molecule has 0 bridgehead atoms. The maximum Gasteiger partial charge on any atom is 0.0795 e. The van der Waals surface area contributed by atoms with Crippen LogP contribution < -0.4 is 5.32 Å². The van der Waals surface area contributed by atoms with Gasteiger partial charge in [-0.1, -0.05) is 19.3 Å². The van der Waals surface area contributed by atoms with Gasteiger partial charge in [0.05, 0.1) is 11.2 Å². The third-order valence-corrected chi connectivity index (χ3v) is 3.94. The number of hydrogen-bond acceptors (Lipinski definition) is 3. The van der Waals surface area contributed by atoms with E-state index in [1.165, 1.54) is 44.3 Å². The Hall–Kier alpha value is -0.410. The highest BCUT2D eigenvalue weighted by atomic mass is 32.1. The molecular weight excluding hydrogens is 204 g/mol. The largest absolute Gasteiger partial charge is 0.309 e. The Labute approximate surface area is 96.1 Å². The van der Waals surface area contributed by atoms with Crippen LogP contribution in [-0.2, 0) is 0 Å². The number of hydrogen-bond donors (Lipinski definition) is 1. The van der Waals surface area contributed by atoms with Gasteiger partial charge in [0.25, 0.3) is 0 Å². The summed E-state index contributed by atoms with van der Waals surface area (Å²) in [7, 11) is 0. The molecule has 0 aliphatic heterocycles. The van der Waals surface area contributed by atoms with Gasteiger partial charge in [-0.25, -0.2) is 4.98 Å². The van der Waals surface area contributed by atoms with Crippen LogP contribution in [0.2, 0.25) is 0 Å². The van der Waals surface area contributed by atoms with Gasteiger partial charge in [-0.15, -0.1) is 11.3 Å². The first-order valence-electron chi connectivity index (χ1n) is 5.97. The summed E-state index contributed by atoms with van der Waals surface area (Å²) in [4.78, 5) is 4.34. The zero-order valence-corrected chi connectivity index (χ0v) is 10.2. The van der Waals surface area contributed by atoms with Gasteiger partial charge in [-0.3, -0.25) is 0 Å². The van der Waals surface area contributed by atoms with E-state index in [1.807, 2.05) is 5.51 Å². The second-order valence-corrected chi connectivity index (χ2v) is 5.27. The molecule has 2 nitrogen and oxygen atoms in total. The SMILES string of the molecule is CC(NCC1CCCCC1)c1cscn1. The van der Waals surface area contributed by atoms with Crippen molar-refractivity contribution in [2.75, 3.05) is 6.54 Å². The summed E-state index contributed by atoms with van der Waals surface area (Å²) in [5, 5.41) is 5.74. The lowest BCUT2D eigenvalue weighted by Crippen LogP contribution is -2.27. The van der Waals surface area contributed by atoms with E-state index in [1.54, 1.807) is 11.3 Å². The second kappa shape index (κ2) is 5.61. The fraction of sp³-hybridized carbons (Fsp3) is 0.750. The normalized spacial score (nSPS) is 20.3. The summed E-state index contributed by atoms with van der Waals surface area (Å²) in [6.45, 7) is 3.37. The first kappa shape index (κ1) is 11.1. The minimum atomic E-state index is 0.415. The predicted molar refractivity (Wildman–Crippen MR) is 65.1 cm³/mol. The molecule has 1 N–H and O–H groups in total. The van der Waals surface area contributed by atoms with Crippen LogP contribution >= 0.6 is 11.3 Å². The molecule has 1 saturated carbocycles. The number of nitrogens with one attached hydrogen (secondary N) is 1. The van der Waals surface area contributed by atoms with Crippen LogP contribution in [0, 0.1) is 5.92 Å². The molecule has 3 heteroatoms. The molecule has 1 heterocycles. The zero-order chi connectivity index (χ0) is 10.5. The van der Waals surface area contributed by atoms with Crippen LogP contribution in [-0.4, -0.2) is 11.5 Å². The third kappa shape index (κ3) is 3.28. The van der Waals surface area contributed by atoms with Crippen molar-refractivity contribution in [1.82, 2.24) is 10.3 Å². The Bertz CT molecular complexity index is 265. The van der Waals surface area contributed by atoms with Gasteiger partial charge >= 0.3 is 0 Å². The highest BCUT2D eigenvalue weighted by Crippen LogP contribution is 2.23. The Balaban J connectivity index is 1.73. The van der Waals surface area contributed by atoms with E-state index in [9.17, 15) is 0 Å². The summed E-state index contributed by atoms with van der Waals surface area (Å²) >= 11 is 1.68. The first-order valence-corrected chi connectivity index (χ1v) is 6.92. The lowest BCUT2D eigenvalue weighted by molar-refractivity contribution is 0.331. The van der Waals surface area contributed by atoms with Crippen molar-refractivity contribution < 1.29 is 0 Å². The van der Waals surface area contributed by atoms with Crippen molar-refractivity contribution >= 4 is 11.3 Å². The Morgan fingerprint density at radius 2 is 2.27 bits per heavy atom. The van der Waals surface area contributed by atoms with Crippen LogP contribution in [0.25, 0.3) is 0 Å². The molecular formula is C12H20N2S. The van der Waals surface area contributed by atoms with Crippen molar-refractivity contribution in [2.24, 2.45) is 5.92 Å². The topological polar surface area (TPSA) is 24.9 Å². The van der Waals surface area contributed by atoms with Gasteiger partial charge in [0, 0.05) is 11.4 Å². The molecule has 1 fully saturated rings. The summed E-state index contributed by atoms with van der Waals surface area (Å²) < 4.78 is 0. The van der Waals surface area contributed by atoms with Gasteiger partial charge in [0.1, 0.15) is 0 Å².